The van der Waals surface area contributed by atoms with Gasteiger partial charge in [0, 0.05) is 6.54 Å². The van der Waals surface area contributed by atoms with Crippen molar-refractivity contribution in [3.05, 3.63) is 28.8 Å². The zero-order valence-electron chi connectivity index (χ0n) is 10.6. The van der Waals surface area contributed by atoms with Gasteiger partial charge >= 0.3 is 5.97 Å². The van der Waals surface area contributed by atoms with Crippen LogP contribution in [0.2, 0.25) is 5.02 Å². The van der Waals surface area contributed by atoms with E-state index in [-0.39, 0.29) is 28.4 Å². The standard InChI is InChI=1S/C12H13ClN2O4S/c1-8(12(16)17)4-5-15-20(18,19)11-6-9(7-14)2-3-10(11)13/h2-3,6,8,15H,4-5H2,1H3,(H,16,17). The molecule has 20 heavy (non-hydrogen) atoms. The van der Waals surface area contributed by atoms with Gasteiger partial charge in [0.05, 0.1) is 22.6 Å². The summed E-state index contributed by atoms with van der Waals surface area (Å²) in [6.07, 6.45) is 0.157. The number of rotatable bonds is 6. The lowest BCUT2D eigenvalue weighted by Crippen LogP contribution is -2.27. The van der Waals surface area contributed by atoms with Crippen LogP contribution in [0.4, 0.5) is 0 Å². The maximum Gasteiger partial charge on any atom is 0.306 e. The molecule has 0 saturated heterocycles. The number of sulfonamides is 1. The molecule has 0 aliphatic rings. The Morgan fingerprint density at radius 1 is 1.55 bits per heavy atom. The summed E-state index contributed by atoms with van der Waals surface area (Å²) in [7, 11) is -3.87. The van der Waals surface area contributed by atoms with Gasteiger partial charge in [0.25, 0.3) is 0 Å². The Bertz CT molecular complexity index is 652. The van der Waals surface area contributed by atoms with Crippen molar-refractivity contribution in [1.82, 2.24) is 4.72 Å². The van der Waals surface area contributed by atoms with Gasteiger partial charge in [0.15, 0.2) is 0 Å². The minimum Gasteiger partial charge on any atom is -0.481 e. The maximum absolute atomic E-state index is 12.0. The number of benzene rings is 1. The van der Waals surface area contributed by atoms with Gasteiger partial charge in [-0.3, -0.25) is 4.79 Å². The molecule has 0 saturated carbocycles. The second-order valence-corrected chi connectivity index (χ2v) is 6.33. The number of carboxylic acid groups (broad SMARTS) is 1. The van der Waals surface area contributed by atoms with Crippen LogP contribution in [0.3, 0.4) is 0 Å². The van der Waals surface area contributed by atoms with Crippen molar-refractivity contribution in [3.63, 3.8) is 0 Å². The van der Waals surface area contributed by atoms with Crippen molar-refractivity contribution < 1.29 is 18.3 Å². The maximum atomic E-state index is 12.0. The molecule has 1 unspecified atom stereocenters. The van der Waals surface area contributed by atoms with E-state index in [9.17, 15) is 13.2 Å². The molecule has 0 spiro atoms. The fourth-order valence-electron chi connectivity index (χ4n) is 1.39. The number of carboxylic acids is 1. The SMILES string of the molecule is CC(CCNS(=O)(=O)c1cc(C#N)ccc1Cl)C(=O)O. The smallest absolute Gasteiger partial charge is 0.306 e. The summed E-state index contributed by atoms with van der Waals surface area (Å²) in [5, 5.41) is 17.5. The van der Waals surface area contributed by atoms with E-state index in [2.05, 4.69) is 4.72 Å². The third kappa shape index (κ3) is 4.20. The van der Waals surface area contributed by atoms with Crippen LogP contribution in [0.25, 0.3) is 0 Å². The van der Waals surface area contributed by atoms with Gasteiger partial charge in [0.1, 0.15) is 4.90 Å². The first kappa shape index (κ1) is 16.4. The normalized spacial score (nSPS) is 12.7. The van der Waals surface area contributed by atoms with Crippen LogP contribution in [0.15, 0.2) is 23.1 Å². The van der Waals surface area contributed by atoms with Gasteiger partial charge in [0.2, 0.25) is 10.0 Å². The van der Waals surface area contributed by atoms with Crippen LogP contribution in [0.1, 0.15) is 18.9 Å². The third-order valence-electron chi connectivity index (χ3n) is 2.64. The lowest BCUT2D eigenvalue weighted by atomic mass is 10.1. The van der Waals surface area contributed by atoms with Gasteiger partial charge < -0.3 is 5.11 Å². The molecule has 0 aliphatic carbocycles. The number of hydrogen-bond donors (Lipinski definition) is 2. The Hall–Kier alpha value is -1.62. The van der Waals surface area contributed by atoms with E-state index in [1.54, 1.807) is 0 Å². The highest BCUT2D eigenvalue weighted by Gasteiger charge is 2.19. The highest BCUT2D eigenvalue weighted by atomic mass is 35.5. The Balaban J connectivity index is 2.85. The number of carbonyl (C=O) groups is 1. The zero-order chi connectivity index (χ0) is 15.3. The fraction of sp³-hybridized carbons (Fsp3) is 0.333. The van der Waals surface area contributed by atoms with Gasteiger partial charge in [-0.2, -0.15) is 5.26 Å². The molecular formula is C12H13ClN2O4S. The summed E-state index contributed by atoms with van der Waals surface area (Å²) in [5.74, 6) is -1.65. The van der Waals surface area contributed by atoms with Crippen LogP contribution in [-0.2, 0) is 14.8 Å². The summed E-state index contributed by atoms with van der Waals surface area (Å²) in [5.41, 5.74) is 0.175. The second kappa shape index (κ2) is 6.70. The summed E-state index contributed by atoms with van der Waals surface area (Å²) in [4.78, 5) is 10.4. The first-order chi connectivity index (χ1) is 9.27. The average molecular weight is 317 g/mol. The largest absolute Gasteiger partial charge is 0.481 e. The monoisotopic (exact) mass is 316 g/mol. The van der Waals surface area contributed by atoms with Gasteiger partial charge in [-0.1, -0.05) is 18.5 Å². The van der Waals surface area contributed by atoms with Crippen molar-refractivity contribution in [2.45, 2.75) is 18.2 Å². The third-order valence-corrected chi connectivity index (χ3v) is 4.58. The highest BCUT2D eigenvalue weighted by Crippen LogP contribution is 2.22. The average Bonchev–Trinajstić information content (AvgIpc) is 2.38. The molecular weight excluding hydrogens is 304 g/mol. The van der Waals surface area contributed by atoms with Crippen LogP contribution < -0.4 is 4.72 Å². The number of nitriles is 1. The van der Waals surface area contributed by atoms with Crippen molar-refractivity contribution in [2.75, 3.05) is 6.54 Å². The Morgan fingerprint density at radius 3 is 2.75 bits per heavy atom. The molecule has 6 nitrogen and oxygen atoms in total. The molecule has 0 heterocycles. The van der Waals surface area contributed by atoms with E-state index in [0.717, 1.165) is 0 Å². The number of nitrogens with one attached hydrogen (secondary N) is 1. The molecule has 1 aromatic rings. The molecule has 0 aromatic heterocycles. The van der Waals surface area contributed by atoms with Crippen molar-refractivity contribution >= 4 is 27.6 Å². The van der Waals surface area contributed by atoms with Crippen LogP contribution >= 0.6 is 11.6 Å². The molecule has 0 bridgehead atoms. The summed E-state index contributed by atoms with van der Waals surface area (Å²) >= 11 is 5.81. The summed E-state index contributed by atoms with van der Waals surface area (Å²) in [6, 6.07) is 5.74. The van der Waals surface area contributed by atoms with Crippen LogP contribution in [0.5, 0.6) is 0 Å². The quantitative estimate of drug-likeness (QED) is 0.829. The fourth-order valence-corrected chi connectivity index (χ4v) is 2.96. The molecule has 0 fully saturated rings. The zero-order valence-corrected chi connectivity index (χ0v) is 12.2. The van der Waals surface area contributed by atoms with E-state index < -0.39 is 21.9 Å². The highest BCUT2D eigenvalue weighted by molar-refractivity contribution is 7.89. The minimum atomic E-state index is -3.87. The van der Waals surface area contributed by atoms with Crippen molar-refractivity contribution in [1.29, 1.82) is 5.26 Å². The molecule has 1 atom stereocenters. The topological polar surface area (TPSA) is 107 Å². The predicted molar refractivity (Wildman–Crippen MR) is 72.8 cm³/mol. The number of hydrogen-bond acceptors (Lipinski definition) is 4. The van der Waals surface area contributed by atoms with E-state index in [1.165, 1.54) is 25.1 Å². The number of nitrogens with zero attached hydrogens (tertiary/aromatic N) is 1. The van der Waals surface area contributed by atoms with E-state index in [4.69, 9.17) is 22.0 Å². The Kier molecular flexibility index (Phi) is 5.51. The molecule has 108 valence electrons. The second-order valence-electron chi connectivity index (χ2n) is 4.18. The molecule has 0 radical (unpaired) electrons. The van der Waals surface area contributed by atoms with E-state index in [0.29, 0.717) is 0 Å². The van der Waals surface area contributed by atoms with Gasteiger partial charge in [-0.25, -0.2) is 13.1 Å². The minimum absolute atomic E-state index is 0.00258. The van der Waals surface area contributed by atoms with Crippen LogP contribution in [0, 0.1) is 17.2 Å². The summed E-state index contributed by atoms with van der Waals surface area (Å²) in [6.45, 7) is 1.46. The molecule has 2 N–H and O–H groups in total. The number of halogens is 1. The van der Waals surface area contributed by atoms with Crippen molar-refractivity contribution in [3.8, 4) is 6.07 Å². The molecule has 1 rings (SSSR count). The lowest BCUT2D eigenvalue weighted by Gasteiger charge is -2.10. The molecule has 0 amide bonds. The predicted octanol–water partition coefficient (Wildman–Crippen LogP) is 1.60. The van der Waals surface area contributed by atoms with E-state index in [1.807, 2.05) is 6.07 Å². The van der Waals surface area contributed by atoms with E-state index >= 15 is 0 Å². The van der Waals surface area contributed by atoms with Crippen molar-refractivity contribution in [2.24, 2.45) is 5.92 Å². The van der Waals surface area contributed by atoms with Gasteiger partial charge in [-0.15, -0.1) is 0 Å². The van der Waals surface area contributed by atoms with Gasteiger partial charge in [-0.05, 0) is 24.6 Å². The summed E-state index contributed by atoms with van der Waals surface area (Å²) < 4.78 is 26.3. The first-order valence-corrected chi connectivity index (χ1v) is 7.56. The lowest BCUT2D eigenvalue weighted by molar-refractivity contribution is -0.141. The molecule has 8 heteroatoms. The first-order valence-electron chi connectivity index (χ1n) is 5.70. The van der Waals surface area contributed by atoms with Crippen LogP contribution in [-0.4, -0.2) is 26.0 Å². The number of aliphatic carboxylic acids is 1. The molecule has 0 aliphatic heterocycles. The Morgan fingerprint density at radius 2 is 2.20 bits per heavy atom. The molecule has 1 aromatic carbocycles. The Labute approximate surface area is 122 Å².